The molecule has 22 heavy (non-hydrogen) atoms. The molecule has 5 heteroatoms. The average Bonchev–Trinajstić information content (AvgIpc) is 2.55. The molecule has 0 unspecified atom stereocenters. The molecule has 0 radical (unpaired) electrons. The number of rotatable bonds is 10. The van der Waals surface area contributed by atoms with Crippen molar-refractivity contribution in [2.75, 3.05) is 13.8 Å². The summed E-state index contributed by atoms with van der Waals surface area (Å²) in [4.78, 5) is 0. The molecule has 0 bridgehead atoms. The third-order valence-electron chi connectivity index (χ3n) is 4.92. The Labute approximate surface area is 139 Å². The van der Waals surface area contributed by atoms with E-state index < -0.39 is 16.8 Å². The van der Waals surface area contributed by atoms with Gasteiger partial charge >= 0.3 is 8.56 Å². The molecule has 1 aromatic rings. The molecule has 0 heterocycles. The Morgan fingerprint density at radius 2 is 1.50 bits per heavy atom. The van der Waals surface area contributed by atoms with Crippen LogP contribution in [0.15, 0.2) is 30.3 Å². The Kier molecular flexibility index (Phi) is 7.99. The summed E-state index contributed by atoms with van der Waals surface area (Å²) >= 11 is 0. The van der Waals surface area contributed by atoms with E-state index in [0.717, 1.165) is 6.54 Å². The van der Waals surface area contributed by atoms with Crippen molar-refractivity contribution in [3.05, 3.63) is 35.9 Å². The lowest BCUT2D eigenvalue weighted by atomic mass is 10.2. The normalized spacial score (nSPS) is 12.9. The summed E-state index contributed by atoms with van der Waals surface area (Å²) in [5.74, 6) is 0. The van der Waals surface area contributed by atoms with Crippen molar-refractivity contribution in [2.24, 2.45) is 0 Å². The van der Waals surface area contributed by atoms with Crippen LogP contribution in [0, 0.1) is 0 Å². The molecule has 0 saturated carbocycles. The number of nitrogens with zero attached hydrogens (tertiary/aromatic N) is 1. The van der Waals surface area contributed by atoms with Gasteiger partial charge in [-0.2, -0.15) is 0 Å². The molecule has 3 nitrogen and oxygen atoms in total. The molecule has 126 valence electrons. The maximum Gasteiger partial charge on any atom is 0.332 e. The van der Waals surface area contributed by atoms with Gasteiger partial charge in [0.05, 0.1) is 6.73 Å². The molecule has 0 amide bonds. The van der Waals surface area contributed by atoms with Crippen molar-refractivity contribution < 1.29 is 8.85 Å². The molecule has 1 rings (SSSR count). The Morgan fingerprint density at radius 3 is 1.95 bits per heavy atom. The molecule has 0 aliphatic heterocycles. The fourth-order valence-corrected chi connectivity index (χ4v) is 7.28. The average molecular weight is 340 g/mol. The first kappa shape index (κ1) is 19.6. The number of hydrogen-bond donors (Lipinski definition) is 0. The highest BCUT2D eigenvalue weighted by Gasteiger charge is 2.36. The Hall–Kier alpha value is -0.466. The van der Waals surface area contributed by atoms with Gasteiger partial charge in [0.2, 0.25) is 0 Å². The summed E-state index contributed by atoms with van der Waals surface area (Å²) in [5.41, 5.74) is 1.37. The van der Waals surface area contributed by atoms with Crippen molar-refractivity contribution in [1.82, 2.24) is 4.57 Å². The molecule has 0 N–H and O–H groups in total. The van der Waals surface area contributed by atoms with Gasteiger partial charge in [-0.05, 0) is 36.8 Å². The second-order valence-electron chi connectivity index (χ2n) is 6.35. The smallest absolute Gasteiger partial charge is 0.332 e. The van der Waals surface area contributed by atoms with Crippen molar-refractivity contribution in [2.45, 2.75) is 58.5 Å². The minimum Gasteiger partial charge on any atom is -0.398 e. The molecule has 0 fully saturated rings. The Morgan fingerprint density at radius 1 is 0.955 bits per heavy atom. The summed E-state index contributed by atoms with van der Waals surface area (Å²) < 4.78 is 14.4. The zero-order valence-corrected chi connectivity index (χ0v) is 17.2. The van der Waals surface area contributed by atoms with Gasteiger partial charge in [-0.25, -0.2) is 0 Å². The Bertz CT molecular complexity index is 414. The summed E-state index contributed by atoms with van der Waals surface area (Å²) in [6.07, 6.45) is 0. The summed E-state index contributed by atoms with van der Waals surface area (Å²) in [6, 6.07) is 14.6. The molecule has 0 saturated heterocycles. The summed E-state index contributed by atoms with van der Waals surface area (Å²) in [6.45, 7) is 12.9. The zero-order chi connectivity index (χ0) is 16.6. The van der Waals surface area contributed by atoms with E-state index in [4.69, 9.17) is 8.85 Å². The minimum absolute atomic E-state index is 0.698. The third kappa shape index (κ3) is 5.31. The second kappa shape index (κ2) is 8.98. The lowest BCUT2D eigenvalue weighted by molar-refractivity contribution is 0.134. The standard InChI is InChI=1S/C17H33NO2Si2/c1-7-22(8-2,9-3)18(16-20-21(5,6)19-4)15-17-13-11-10-12-14-17/h10-14H,7-9,15-16H2,1-6H3. The molecule has 0 aromatic heterocycles. The monoisotopic (exact) mass is 339 g/mol. The molecule has 0 spiro atoms. The minimum atomic E-state index is -1.99. The van der Waals surface area contributed by atoms with Crippen LogP contribution < -0.4 is 0 Å². The highest BCUT2D eigenvalue weighted by atomic mass is 28.4. The van der Waals surface area contributed by atoms with Crippen LogP contribution >= 0.6 is 0 Å². The highest BCUT2D eigenvalue weighted by molar-refractivity contribution is 6.77. The number of benzene rings is 1. The quantitative estimate of drug-likeness (QED) is 0.451. The van der Waals surface area contributed by atoms with Crippen LogP contribution in [0.25, 0.3) is 0 Å². The van der Waals surface area contributed by atoms with Crippen LogP contribution in [0.1, 0.15) is 26.3 Å². The summed E-state index contributed by atoms with van der Waals surface area (Å²) in [5, 5.41) is 0. The van der Waals surface area contributed by atoms with Crippen LogP contribution in [-0.4, -0.2) is 35.2 Å². The largest absolute Gasteiger partial charge is 0.398 e. The van der Waals surface area contributed by atoms with Gasteiger partial charge in [-0.1, -0.05) is 51.1 Å². The zero-order valence-electron chi connectivity index (χ0n) is 15.2. The highest BCUT2D eigenvalue weighted by Crippen LogP contribution is 2.27. The van der Waals surface area contributed by atoms with E-state index in [9.17, 15) is 0 Å². The first-order valence-corrected chi connectivity index (χ1v) is 13.8. The third-order valence-corrected chi connectivity index (χ3v) is 12.3. The van der Waals surface area contributed by atoms with E-state index in [1.54, 1.807) is 7.11 Å². The molecule has 0 atom stereocenters. The van der Waals surface area contributed by atoms with Crippen LogP contribution in [-0.2, 0) is 15.4 Å². The molecule has 0 aliphatic rings. The molecule has 0 aliphatic carbocycles. The van der Waals surface area contributed by atoms with Crippen molar-refractivity contribution in [3.8, 4) is 0 Å². The predicted molar refractivity (Wildman–Crippen MR) is 99.6 cm³/mol. The Balaban J connectivity index is 2.93. The molecular formula is C17H33NO2Si2. The SMILES string of the molecule is CC[Si](CC)(CC)N(CO[Si](C)(C)OC)Cc1ccccc1. The van der Waals surface area contributed by atoms with Crippen molar-refractivity contribution >= 4 is 16.8 Å². The topological polar surface area (TPSA) is 21.7 Å². The predicted octanol–water partition coefficient (Wildman–Crippen LogP) is 4.82. The van der Waals surface area contributed by atoms with Gasteiger partial charge < -0.3 is 8.85 Å². The van der Waals surface area contributed by atoms with E-state index >= 15 is 0 Å². The van der Waals surface area contributed by atoms with E-state index in [-0.39, 0.29) is 0 Å². The van der Waals surface area contributed by atoms with E-state index in [1.165, 1.54) is 23.7 Å². The van der Waals surface area contributed by atoms with E-state index in [1.807, 2.05) is 0 Å². The van der Waals surface area contributed by atoms with Gasteiger partial charge in [0, 0.05) is 13.7 Å². The lowest BCUT2D eigenvalue weighted by Crippen LogP contribution is -2.54. The van der Waals surface area contributed by atoms with Crippen LogP contribution in [0.2, 0.25) is 31.2 Å². The maximum atomic E-state index is 6.20. The fraction of sp³-hybridized carbons (Fsp3) is 0.647. The van der Waals surface area contributed by atoms with Crippen LogP contribution in [0.5, 0.6) is 0 Å². The second-order valence-corrected chi connectivity index (χ2v) is 15.0. The van der Waals surface area contributed by atoms with Gasteiger partial charge in [-0.15, -0.1) is 0 Å². The fourth-order valence-electron chi connectivity index (χ4n) is 2.87. The van der Waals surface area contributed by atoms with Gasteiger partial charge in [0.1, 0.15) is 8.24 Å². The van der Waals surface area contributed by atoms with Crippen LogP contribution in [0.4, 0.5) is 0 Å². The van der Waals surface area contributed by atoms with E-state index in [0.29, 0.717) is 6.73 Å². The lowest BCUT2D eigenvalue weighted by Gasteiger charge is -2.42. The van der Waals surface area contributed by atoms with Gasteiger partial charge in [-0.3, -0.25) is 4.57 Å². The van der Waals surface area contributed by atoms with Gasteiger partial charge in [0.25, 0.3) is 0 Å². The van der Waals surface area contributed by atoms with Crippen LogP contribution in [0.3, 0.4) is 0 Å². The number of hydrogen-bond acceptors (Lipinski definition) is 3. The summed E-state index contributed by atoms with van der Waals surface area (Å²) in [7, 11) is -1.70. The molecule has 1 aromatic carbocycles. The molecular weight excluding hydrogens is 306 g/mol. The first-order valence-electron chi connectivity index (χ1n) is 8.41. The van der Waals surface area contributed by atoms with E-state index in [2.05, 4.69) is 68.8 Å². The first-order chi connectivity index (χ1) is 10.4. The van der Waals surface area contributed by atoms with Gasteiger partial charge in [0.15, 0.2) is 0 Å². The maximum absolute atomic E-state index is 6.20. The van der Waals surface area contributed by atoms with Crippen molar-refractivity contribution in [1.29, 1.82) is 0 Å². The van der Waals surface area contributed by atoms with Crippen molar-refractivity contribution in [3.63, 3.8) is 0 Å².